The largest absolute Gasteiger partial charge is 0.492 e. The van der Waals surface area contributed by atoms with E-state index in [2.05, 4.69) is 11.0 Å². The van der Waals surface area contributed by atoms with Gasteiger partial charge in [-0.25, -0.2) is 4.79 Å². The maximum absolute atomic E-state index is 12.3. The van der Waals surface area contributed by atoms with E-state index in [4.69, 9.17) is 18.6 Å². The number of aryl methyl sites for hydroxylation is 1. The second-order valence-corrected chi connectivity index (χ2v) is 7.40. The van der Waals surface area contributed by atoms with Gasteiger partial charge in [-0.2, -0.15) is 0 Å². The number of nitrogens with zero attached hydrogens (tertiary/aromatic N) is 1. The van der Waals surface area contributed by atoms with Crippen LogP contribution in [0.15, 0.2) is 39.5 Å². The predicted molar refractivity (Wildman–Crippen MR) is 111 cm³/mol. The molecule has 0 atom stereocenters. The fraction of sp³-hybridized carbons (Fsp3) is 0.261. The molecule has 2 aliphatic rings. The van der Waals surface area contributed by atoms with E-state index < -0.39 is 0 Å². The van der Waals surface area contributed by atoms with Crippen LogP contribution in [0.2, 0.25) is 0 Å². The third-order valence-corrected chi connectivity index (χ3v) is 5.53. The highest BCUT2D eigenvalue weighted by Crippen LogP contribution is 2.47. The number of benzene rings is 2. The molecule has 0 unspecified atom stereocenters. The van der Waals surface area contributed by atoms with Crippen molar-refractivity contribution in [2.24, 2.45) is 0 Å². The SMILES string of the molecule is COc1c2c(cc3c1OCO3)CCN(C)C(c1cc(=O)oc3ccc(C)cc13)=C2. The minimum absolute atomic E-state index is 0.189. The van der Waals surface area contributed by atoms with Crippen LogP contribution in [0.4, 0.5) is 0 Å². The van der Waals surface area contributed by atoms with E-state index >= 15 is 0 Å². The van der Waals surface area contributed by atoms with E-state index in [9.17, 15) is 4.79 Å². The second-order valence-electron chi connectivity index (χ2n) is 7.40. The molecule has 0 amide bonds. The summed E-state index contributed by atoms with van der Waals surface area (Å²) in [6.45, 7) is 3.00. The summed E-state index contributed by atoms with van der Waals surface area (Å²) in [5.74, 6) is 1.99. The Morgan fingerprint density at radius 3 is 2.83 bits per heavy atom. The van der Waals surface area contributed by atoms with Gasteiger partial charge in [-0.3, -0.25) is 0 Å². The van der Waals surface area contributed by atoms with E-state index in [0.29, 0.717) is 22.8 Å². The maximum Gasteiger partial charge on any atom is 0.336 e. The smallest absolute Gasteiger partial charge is 0.336 e. The van der Waals surface area contributed by atoms with Crippen LogP contribution >= 0.6 is 0 Å². The molecule has 148 valence electrons. The number of hydrogen-bond donors (Lipinski definition) is 0. The van der Waals surface area contributed by atoms with Crippen LogP contribution in [0.5, 0.6) is 17.2 Å². The molecule has 2 aliphatic heterocycles. The Bertz CT molecular complexity index is 1220. The Balaban J connectivity index is 1.80. The predicted octanol–water partition coefficient (Wildman–Crippen LogP) is 3.82. The maximum atomic E-state index is 12.3. The zero-order valence-corrected chi connectivity index (χ0v) is 16.6. The van der Waals surface area contributed by atoms with Crippen molar-refractivity contribution in [2.75, 3.05) is 27.5 Å². The lowest BCUT2D eigenvalue weighted by molar-refractivity contribution is 0.171. The van der Waals surface area contributed by atoms with Crippen molar-refractivity contribution in [3.05, 3.63) is 63.0 Å². The fourth-order valence-corrected chi connectivity index (χ4v) is 4.07. The van der Waals surface area contributed by atoms with Crippen molar-refractivity contribution in [1.29, 1.82) is 0 Å². The van der Waals surface area contributed by atoms with Crippen molar-refractivity contribution in [3.8, 4) is 17.2 Å². The molecule has 0 saturated heterocycles. The third-order valence-electron chi connectivity index (χ3n) is 5.53. The molecule has 6 heteroatoms. The topological polar surface area (TPSA) is 61.1 Å². The zero-order chi connectivity index (χ0) is 20.1. The third kappa shape index (κ3) is 2.83. The van der Waals surface area contributed by atoms with Crippen LogP contribution in [0.3, 0.4) is 0 Å². The summed E-state index contributed by atoms with van der Waals surface area (Å²) in [5, 5.41) is 0.908. The number of ether oxygens (including phenoxy) is 3. The van der Waals surface area contributed by atoms with Crippen molar-refractivity contribution < 1.29 is 18.6 Å². The second kappa shape index (κ2) is 6.58. The van der Waals surface area contributed by atoms with Crippen LogP contribution in [0, 0.1) is 6.92 Å². The van der Waals surface area contributed by atoms with Gasteiger partial charge in [-0.05, 0) is 43.2 Å². The molecule has 0 N–H and O–H groups in total. The summed E-state index contributed by atoms with van der Waals surface area (Å²) in [5.41, 5.74) is 5.16. The first kappa shape index (κ1) is 17.7. The summed E-state index contributed by atoms with van der Waals surface area (Å²) in [6, 6.07) is 9.42. The van der Waals surface area contributed by atoms with E-state index in [1.54, 1.807) is 13.2 Å². The first-order valence-corrected chi connectivity index (χ1v) is 9.52. The summed E-state index contributed by atoms with van der Waals surface area (Å²) < 4.78 is 22.4. The summed E-state index contributed by atoms with van der Waals surface area (Å²) in [4.78, 5) is 14.4. The van der Waals surface area contributed by atoms with Gasteiger partial charge in [0.1, 0.15) is 5.58 Å². The molecule has 29 heavy (non-hydrogen) atoms. The van der Waals surface area contributed by atoms with Crippen LogP contribution in [-0.2, 0) is 6.42 Å². The monoisotopic (exact) mass is 391 g/mol. The molecule has 5 rings (SSSR count). The Morgan fingerprint density at radius 1 is 1.14 bits per heavy atom. The number of rotatable bonds is 2. The van der Waals surface area contributed by atoms with E-state index in [1.165, 1.54) is 0 Å². The van der Waals surface area contributed by atoms with Crippen molar-refractivity contribution in [2.45, 2.75) is 13.3 Å². The first-order chi connectivity index (χ1) is 14.0. The lowest BCUT2D eigenvalue weighted by atomic mass is 9.99. The van der Waals surface area contributed by atoms with Gasteiger partial charge in [0.25, 0.3) is 0 Å². The lowest BCUT2D eigenvalue weighted by Crippen LogP contribution is -2.19. The molecule has 1 aromatic heterocycles. The highest BCUT2D eigenvalue weighted by atomic mass is 16.7. The molecule has 0 saturated carbocycles. The lowest BCUT2D eigenvalue weighted by Gasteiger charge is -2.22. The molecule has 6 nitrogen and oxygen atoms in total. The van der Waals surface area contributed by atoms with Crippen molar-refractivity contribution in [1.82, 2.24) is 4.90 Å². The van der Waals surface area contributed by atoms with E-state index in [0.717, 1.165) is 46.3 Å². The Labute approximate surface area is 167 Å². The molecular formula is C23H21NO5. The summed E-state index contributed by atoms with van der Waals surface area (Å²) in [7, 11) is 3.66. The van der Waals surface area contributed by atoms with Gasteiger partial charge in [0.05, 0.1) is 7.11 Å². The minimum Gasteiger partial charge on any atom is -0.492 e. The van der Waals surface area contributed by atoms with Crippen molar-refractivity contribution in [3.63, 3.8) is 0 Å². The average Bonchev–Trinajstić information content (AvgIpc) is 3.11. The summed E-state index contributed by atoms with van der Waals surface area (Å²) in [6.07, 6.45) is 2.89. The van der Waals surface area contributed by atoms with Crippen LogP contribution < -0.4 is 19.8 Å². The molecule has 0 radical (unpaired) electrons. The molecule has 0 bridgehead atoms. The van der Waals surface area contributed by atoms with Gasteiger partial charge in [0.2, 0.25) is 12.5 Å². The molecule has 3 heterocycles. The number of methoxy groups -OCH3 is 1. The number of likely N-dealkylation sites (N-methyl/N-ethyl adjacent to an activating group) is 1. The van der Waals surface area contributed by atoms with Gasteiger partial charge >= 0.3 is 5.63 Å². The van der Waals surface area contributed by atoms with Gasteiger partial charge in [-0.15, -0.1) is 0 Å². The average molecular weight is 391 g/mol. The van der Waals surface area contributed by atoms with Crippen molar-refractivity contribution >= 4 is 22.7 Å². The van der Waals surface area contributed by atoms with Gasteiger partial charge in [0, 0.05) is 41.9 Å². The standard InChI is InChI=1S/C23H21NO5/c1-13-4-5-19-17(8-13)16(11-21(25)29-19)18-10-15-14(6-7-24(18)2)9-20-23(22(15)26-3)28-12-27-20/h4-5,8-11H,6-7,12H2,1-3H3. The Kier molecular flexibility index (Phi) is 4.01. The molecular weight excluding hydrogens is 370 g/mol. The fourth-order valence-electron chi connectivity index (χ4n) is 4.07. The molecule has 0 spiro atoms. The highest BCUT2D eigenvalue weighted by molar-refractivity contribution is 5.96. The molecule has 0 fully saturated rings. The van der Waals surface area contributed by atoms with Crippen LogP contribution in [0.25, 0.3) is 22.7 Å². The normalized spacial score (nSPS) is 15.1. The molecule has 2 aromatic carbocycles. The molecule has 0 aliphatic carbocycles. The zero-order valence-electron chi connectivity index (χ0n) is 16.6. The Morgan fingerprint density at radius 2 is 2.00 bits per heavy atom. The van der Waals surface area contributed by atoms with E-state index in [1.807, 2.05) is 38.2 Å². The Hall–Kier alpha value is -3.41. The van der Waals surface area contributed by atoms with Crippen LogP contribution in [-0.4, -0.2) is 32.4 Å². The molecule has 3 aromatic rings. The minimum atomic E-state index is -0.368. The number of fused-ring (bicyclic) bond motifs is 3. The highest BCUT2D eigenvalue weighted by Gasteiger charge is 2.27. The van der Waals surface area contributed by atoms with Gasteiger partial charge in [-0.1, -0.05) is 11.6 Å². The van der Waals surface area contributed by atoms with Gasteiger partial charge < -0.3 is 23.5 Å². The van der Waals surface area contributed by atoms with E-state index in [-0.39, 0.29) is 12.4 Å². The first-order valence-electron chi connectivity index (χ1n) is 9.52. The summed E-state index contributed by atoms with van der Waals surface area (Å²) >= 11 is 0. The quantitative estimate of drug-likeness (QED) is 0.619. The van der Waals surface area contributed by atoms with Gasteiger partial charge in [0.15, 0.2) is 11.5 Å². The van der Waals surface area contributed by atoms with Crippen LogP contribution in [0.1, 0.15) is 22.3 Å². The number of hydrogen-bond acceptors (Lipinski definition) is 6.